The Bertz CT molecular complexity index is 599. The number of benzene rings is 2. The lowest BCUT2D eigenvalue weighted by atomic mass is 10.2. The van der Waals surface area contributed by atoms with Crippen LogP contribution in [0.15, 0.2) is 41.3 Å². The van der Waals surface area contributed by atoms with E-state index in [0.29, 0.717) is 10.8 Å². The predicted octanol–water partition coefficient (Wildman–Crippen LogP) is 5.01. The zero-order chi connectivity index (χ0) is 13.2. The molecule has 0 aliphatic carbocycles. The lowest BCUT2D eigenvalue weighted by Crippen LogP contribution is -1.92. The summed E-state index contributed by atoms with van der Waals surface area (Å²) in [5.74, 6) is 2.25. The van der Waals surface area contributed by atoms with Crippen LogP contribution in [0.5, 0.6) is 11.5 Å². The van der Waals surface area contributed by atoms with Gasteiger partial charge in [-0.15, -0.1) is 11.8 Å². The summed E-state index contributed by atoms with van der Waals surface area (Å²) in [6.45, 7) is 0.263. The standard InChI is InChI=1S/C14H10Cl2O2S/c15-10-1-3-11(4-2-10)19-7-9-5-13-14(6-12(9)16)18-8-17-13/h1-6H,7-8H2. The molecule has 1 aliphatic heterocycles. The van der Waals surface area contributed by atoms with Gasteiger partial charge in [0.1, 0.15) is 0 Å². The largest absolute Gasteiger partial charge is 0.454 e. The van der Waals surface area contributed by atoms with Crippen LogP contribution < -0.4 is 9.47 Å². The normalized spacial score (nSPS) is 12.7. The zero-order valence-corrected chi connectivity index (χ0v) is 12.2. The quantitative estimate of drug-likeness (QED) is 0.742. The van der Waals surface area contributed by atoms with E-state index >= 15 is 0 Å². The maximum Gasteiger partial charge on any atom is 0.231 e. The first kappa shape index (κ1) is 13.0. The molecule has 3 rings (SSSR count). The molecule has 1 heterocycles. The molecule has 0 aromatic heterocycles. The predicted molar refractivity (Wildman–Crippen MR) is 78.6 cm³/mol. The molecule has 0 saturated carbocycles. The van der Waals surface area contributed by atoms with Gasteiger partial charge in [-0.2, -0.15) is 0 Å². The van der Waals surface area contributed by atoms with Gasteiger partial charge in [-0.05, 0) is 35.9 Å². The van der Waals surface area contributed by atoms with E-state index in [0.717, 1.165) is 27.0 Å². The number of ether oxygens (including phenoxy) is 2. The first-order valence-corrected chi connectivity index (χ1v) is 7.43. The van der Waals surface area contributed by atoms with Crippen LogP contribution in [0.1, 0.15) is 5.56 Å². The molecule has 2 aromatic carbocycles. The van der Waals surface area contributed by atoms with Gasteiger partial charge in [0.05, 0.1) is 0 Å². The second-order valence-electron chi connectivity index (χ2n) is 4.04. The Balaban J connectivity index is 1.75. The first-order valence-electron chi connectivity index (χ1n) is 5.69. The summed E-state index contributed by atoms with van der Waals surface area (Å²) in [7, 11) is 0. The molecule has 0 atom stereocenters. The summed E-state index contributed by atoms with van der Waals surface area (Å²) < 4.78 is 10.6. The van der Waals surface area contributed by atoms with Crippen LogP contribution in [-0.4, -0.2) is 6.79 Å². The Morgan fingerprint density at radius 2 is 1.68 bits per heavy atom. The average Bonchev–Trinajstić information content (AvgIpc) is 2.85. The van der Waals surface area contributed by atoms with E-state index in [-0.39, 0.29) is 6.79 Å². The highest BCUT2D eigenvalue weighted by atomic mass is 35.5. The second kappa shape index (κ2) is 5.53. The summed E-state index contributed by atoms with van der Waals surface area (Å²) in [4.78, 5) is 1.15. The van der Waals surface area contributed by atoms with E-state index in [4.69, 9.17) is 32.7 Å². The number of rotatable bonds is 3. The minimum absolute atomic E-state index is 0.263. The third kappa shape index (κ3) is 2.94. The van der Waals surface area contributed by atoms with Gasteiger partial charge in [0.2, 0.25) is 6.79 Å². The Labute approximate surface area is 125 Å². The molecule has 0 amide bonds. The van der Waals surface area contributed by atoms with Gasteiger partial charge in [0.25, 0.3) is 0 Å². The minimum atomic E-state index is 0.263. The van der Waals surface area contributed by atoms with Crippen molar-refractivity contribution >= 4 is 35.0 Å². The van der Waals surface area contributed by atoms with Gasteiger partial charge in [0, 0.05) is 26.8 Å². The molecule has 0 saturated heterocycles. The number of fused-ring (bicyclic) bond motifs is 1. The van der Waals surface area contributed by atoms with Crippen LogP contribution in [-0.2, 0) is 5.75 Å². The molecule has 98 valence electrons. The van der Waals surface area contributed by atoms with E-state index in [1.807, 2.05) is 36.4 Å². The molecule has 0 radical (unpaired) electrons. The van der Waals surface area contributed by atoms with Crippen molar-refractivity contribution in [3.05, 3.63) is 52.0 Å². The Morgan fingerprint density at radius 3 is 2.42 bits per heavy atom. The minimum Gasteiger partial charge on any atom is -0.454 e. The van der Waals surface area contributed by atoms with Crippen molar-refractivity contribution in [1.29, 1.82) is 0 Å². The van der Waals surface area contributed by atoms with E-state index < -0.39 is 0 Å². The molecule has 0 bridgehead atoms. The van der Waals surface area contributed by atoms with Gasteiger partial charge in [-0.3, -0.25) is 0 Å². The lowest BCUT2D eigenvalue weighted by Gasteiger charge is -2.06. The third-order valence-corrected chi connectivity index (χ3v) is 4.41. The highest BCUT2D eigenvalue weighted by molar-refractivity contribution is 7.98. The van der Waals surface area contributed by atoms with Crippen LogP contribution in [0.4, 0.5) is 0 Å². The Hall–Kier alpha value is -1.03. The van der Waals surface area contributed by atoms with Gasteiger partial charge in [-0.1, -0.05) is 23.2 Å². The number of hydrogen-bond donors (Lipinski definition) is 0. The van der Waals surface area contributed by atoms with Gasteiger partial charge in [0.15, 0.2) is 11.5 Å². The number of hydrogen-bond acceptors (Lipinski definition) is 3. The molecule has 2 nitrogen and oxygen atoms in total. The first-order chi connectivity index (χ1) is 9.22. The molecular formula is C14H10Cl2O2S. The highest BCUT2D eigenvalue weighted by Crippen LogP contribution is 2.38. The van der Waals surface area contributed by atoms with E-state index in [1.165, 1.54) is 0 Å². The Morgan fingerprint density at radius 1 is 1.00 bits per heavy atom. The molecule has 5 heteroatoms. The molecule has 0 N–H and O–H groups in total. The van der Waals surface area contributed by atoms with E-state index in [9.17, 15) is 0 Å². The van der Waals surface area contributed by atoms with Gasteiger partial charge < -0.3 is 9.47 Å². The van der Waals surface area contributed by atoms with Crippen molar-refractivity contribution in [2.24, 2.45) is 0 Å². The second-order valence-corrected chi connectivity index (χ2v) is 5.93. The van der Waals surface area contributed by atoms with Crippen LogP contribution >= 0.6 is 35.0 Å². The summed E-state index contributed by atoms with van der Waals surface area (Å²) in [5, 5.41) is 1.44. The number of halogens is 2. The molecule has 0 unspecified atom stereocenters. The molecule has 0 spiro atoms. The SMILES string of the molecule is Clc1ccc(SCc2cc3c(cc2Cl)OCO3)cc1. The monoisotopic (exact) mass is 312 g/mol. The maximum atomic E-state index is 6.23. The van der Waals surface area contributed by atoms with E-state index in [1.54, 1.807) is 11.8 Å². The van der Waals surface area contributed by atoms with Crippen LogP contribution in [0.2, 0.25) is 10.0 Å². The van der Waals surface area contributed by atoms with Crippen molar-refractivity contribution < 1.29 is 9.47 Å². The van der Waals surface area contributed by atoms with Crippen molar-refractivity contribution in [3.63, 3.8) is 0 Å². The van der Waals surface area contributed by atoms with Crippen LogP contribution in [0.3, 0.4) is 0 Å². The topological polar surface area (TPSA) is 18.5 Å². The maximum absolute atomic E-state index is 6.23. The molecule has 0 fully saturated rings. The van der Waals surface area contributed by atoms with Crippen LogP contribution in [0.25, 0.3) is 0 Å². The van der Waals surface area contributed by atoms with Crippen molar-refractivity contribution in [3.8, 4) is 11.5 Å². The Kier molecular flexibility index (Phi) is 3.78. The summed E-state index contributed by atoms with van der Waals surface area (Å²) in [6.07, 6.45) is 0. The third-order valence-electron chi connectivity index (χ3n) is 2.75. The lowest BCUT2D eigenvalue weighted by molar-refractivity contribution is 0.174. The van der Waals surface area contributed by atoms with Gasteiger partial charge in [-0.25, -0.2) is 0 Å². The molecule has 2 aromatic rings. The fourth-order valence-corrected chi connectivity index (χ4v) is 3.08. The summed E-state index contributed by atoms with van der Waals surface area (Å²) in [6, 6.07) is 11.5. The average molecular weight is 313 g/mol. The molecule has 1 aliphatic rings. The van der Waals surface area contributed by atoms with Crippen molar-refractivity contribution in [1.82, 2.24) is 0 Å². The fourth-order valence-electron chi connectivity index (χ4n) is 1.76. The van der Waals surface area contributed by atoms with Gasteiger partial charge >= 0.3 is 0 Å². The van der Waals surface area contributed by atoms with Crippen LogP contribution in [0, 0.1) is 0 Å². The van der Waals surface area contributed by atoms with Crippen molar-refractivity contribution in [2.75, 3.05) is 6.79 Å². The molecular weight excluding hydrogens is 303 g/mol. The fraction of sp³-hybridized carbons (Fsp3) is 0.143. The highest BCUT2D eigenvalue weighted by Gasteiger charge is 2.16. The van der Waals surface area contributed by atoms with E-state index in [2.05, 4.69) is 0 Å². The summed E-state index contributed by atoms with van der Waals surface area (Å²) >= 11 is 13.8. The summed E-state index contributed by atoms with van der Waals surface area (Å²) in [5.41, 5.74) is 1.03. The smallest absolute Gasteiger partial charge is 0.231 e. The van der Waals surface area contributed by atoms with Crippen molar-refractivity contribution in [2.45, 2.75) is 10.6 Å². The number of thioether (sulfide) groups is 1. The zero-order valence-electron chi connectivity index (χ0n) is 9.86. The molecule has 19 heavy (non-hydrogen) atoms.